The van der Waals surface area contributed by atoms with E-state index >= 15 is 4.39 Å². The summed E-state index contributed by atoms with van der Waals surface area (Å²) in [5.74, 6) is -0.122. The Bertz CT molecular complexity index is 1030. The number of nitrogens with one attached hydrogen (secondary N) is 1. The van der Waals surface area contributed by atoms with Crippen LogP contribution in [0.4, 0.5) is 4.39 Å². The summed E-state index contributed by atoms with van der Waals surface area (Å²) in [5.41, 5.74) is 3.84. The van der Waals surface area contributed by atoms with Gasteiger partial charge in [-0.25, -0.2) is 9.37 Å². The summed E-state index contributed by atoms with van der Waals surface area (Å²) in [5, 5.41) is 8.26. The van der Waals surface area contributed by atoms with Crippen molar-refractivity contribution in [1.29, 1.82) is 0 Å². The number of rotatable bonds is 3. The van der Waals surface area contributed by atoms with Crippen molar-refractivity contribution >= 4 is 22.6 Å². The molecule has 0 saturated carbocycles. The highest BCUT2D eigenvalue weighted by molar-refractivity contribution is 6.30. The van der Waals surface area contributed by atoms with Crippen molar-refractivity contribution in [1.82, 2.24) is 20.2 Å². The Balaban J connectivity index is 1.92. The second kappa shape index (κ2) is 5.72. The second-order valence-corrected chi connectivity index (χ2v) is 5.94. The summed E-state index contributed by atoms with van der Waals surface area (Å²) in [4.78, 5) is 6.98. The molecule has 7 heteroatoms. The van der Waals surface area contributed by atoms with Gasteiger partial charge in [0.05, 0.1) is 11.8 Å². The van der Waals surface area contributed by atoms with Crippen molar-refractivity contribution in [3.8, 4) is 11.5 Å². The molecule has 4 rings (SSSR count). The molecular formula is C17H12ClFN4O. The van der Waals surface area contributed by atoms with Crippen LogP contribution in [0.2, 0.25) is 5.02 Å². The van der Waals surface area contributed by atoms with Crippen molar-refractivity contribution < 1.29 is 8.81 Å². The van der Waals surface area contributed by atoms with Gasteiger partial charge in [-0.15, -0.1) is 10.2 Å². The Hall–Kier alpha value is -2.73. The van der Waals surface area contributed by atoms with E-state index in [4.69, 9.17) is 16.0 Å². The molecular weight excluding hydrogens is 331 g/mol. The fourth-order valence-electron chi connectivity index (χ4n) is 2.78. The first-order valence-corrected chi connectivity index (χ1v) is 7.67. The van der Waals surface area contributed by atoms with Gasteiger partial charge in [-0.3, -0.25) is 0 Å². The lowest BCUT2D eigenvalue weighted by Crippen LogP contribution is -2.00. The van der Waals surface area contributed by atoms with E-state index in [0.717, 1.165) is 11.1 Å². The molecule has 0 aliphatic carbocycles. The highest BCUT2D eigenvalue weighted by Gasteiger charge is 2.20. The number of hydrogen-bond acceptors (Lipinski definition) is 4. The average Bonchev–Trinajstić information content (AvgIpc) is 3.23. The molecule has 0 amide bonds. The minimum absolute atomic E-state index is 0.270. The van der Waals surface area contributed by atoms with Gasteiger partial charge in [0.25, 0.3) is 0 Å². The zero-order chi connectivity index (χ0) is 16.7. The number of fused-ring (bicyclic) bond motifs is 1. The first-order valence-electron chi connectivity index (χ1n) is 7.29. The molecule has 120 valence electrons. The molecule has 2 heterocycles. The normalized spacial score (nSPS) is 11.3. The minimum atomic E-state index is -0.392. The molecule has 0 atom stereocenters. The summed E-state index contributed by atoms with van der Waals surface area (Å²) >= 11 is 6.01. The maximum atomic E-state index is 15.1. The second-order valence-electron chi connectivity index (χ2n) is 5.51. The number of aromatic nitrogens is 4. The fraction of sp³-hybridized carbons (Fsp3) is 0.118. The number of aryl methyl sites for hydroxylation is 1. The largest absolute Gasteiger partial charge is 0.423 e. The summed E-state index contributed by atoms with van der Waals surface area (Å²) < 4.78 is 20.3. The SMILES string of the molecule is Cc1cc(Cl)ccc1Cc1c(-c2nnco2)cc2[nH]cnc2c1F. The van der Waals surface area contributed by atoms with Gasteiger partial charge < -0.3 is 9.40 Å². The Kier molecular flexibility index (Phi) is 3.54. The van der Waals surface area contributed by atoms with Crippen molar-refractivity contribution in [3.63, 3.8) is 0 Å². The van der Waals surface area contributed by atoms with Gasteiger partial charge in [-0.2, -0.15) is 0 Å². The molecule has 0 unspecified atom stereocenters. The smallest absolute Gasteiger partial charge is 0.247 e. The van der Waals surface area contributed by atoms with Crippen LogP contribution in [0, 0.1) is 12.7 Å². The van der Waals surface area contributed by atoms with E-state index in [1.165, 1.54) is 12.7 Å². The van der Waals surface area contributed by atoms with E-state index < -0.39 is 5.82 Å². The van der Waals surface area contributed by atoms with E-state index in [1.807, 2.05) is 19.1 Å². The van der Waals surface area contributed by atoms with Crippen molar-refractivity contribution in [3.05, 3.63) is 64.5 Å². The van der Waals surface area contributed by atoms with E-state index in [9.17, 15) is 0 Å². The molecule has 4 aromatic rings. The fourth-order valence-corrected chi connectivity index (χ4v) is 3.01. The van der Waals surface area contributed by atoms with Crippen molar-refractivity contribution in [2.75, 3.05) is 0 Å². The van der Waals surface area contributed by atoms with Crippen LogP contribution in [0.5, 0.6) is 0 Å². The van der Waals surface area contributed by atoms with E-state index in [-0.39, 0.29) is 5.89 Å². The molecule has 0 saturated heterocycles. The molecule has 0 radical (unpaired) electrons. The van der Waals surface area contributed by atoms with E-state index in [0.29, 0.717) is 33.6 Å². The minimum Gasteiger partial charge on any atom is -0.423 e. The lowest BCUT2D eigenvalue weighted by Gasteiger charge is -2.11. The number of H-pyrrole nitrogens is 1. The zero-order valence-corrected chi connectivity index (χ0v) is 13.4. The third kappa shape index (κ3) is 2.45. The van der Waals surface area contributed by atoms with Crippen LogP contribution in [0.15, 0.2) is 41.4 Å². The summed E-state index contributed by atoms with van der Waals surface area (Å²) in [6.07, 6.45) is 3.06. The first kappa shape index (κ1) is 14.8. The van der Waals surface area contributed by atoms with E-state index in [2.05, 4.69) is 20.2 Å². The Morgan fingerprint density at radius 1 is 1.29 bits per heavy atom. The number of benzene rings is 2. The van der Waals surface area contributed by atoms with Crippen molar-refractivity contribution in [2.24, 2.45) is 0 Å². The van der Waals surface area contributed by atoms with Crippen molar-refractivity contribution in [2.45, 2.75) is 13.3 Å². The quantitative estimate of drug-likeness (QED) is 0.602. The molecule has 2 aromatic heterocycles. The highest BCUT2D eigenvalue weighted by Crippen LogP contribution is 2.32. The number of aromatic amines is 1. The summed E-state index contributed by atoms with van der Waals surface area (Å²) in [6.45, 7) is 1.94. The van der Waals surface area contributed by atoms with Gasteiger partial charge in [-0.05, 0) is 36.2 Å². The van der Waals surface area contributed by atoms with Crippen LogP contribution in [-0.2, 0) is 6.42 Å². The van der Waals surface area contributed by atoms with Gasteiger partial charge in [0, 0.05) is 22.6 Å². The number of nitrogens with zero attached hydrogens (tertiary/aromatic N) is 3. The molecule has 0 aliphatic rings. The van der Waals surface area contributed by atoms with Crippen LogP contribution in [0.3, 0.4) is 0 Å². The predicted molar refractivity (Wildman–Crippen MR) is 88.3 cm³/mol. The Morgan fingerprint density at radius 3 is 2.92 bits per heavy atom. The standard InChI is InChI=1S/C17H12ClFN4O/c1-9-4-11(18)3-2-10(9)5-12-13(17-23-22-8-24-17)6-14-16(15(12)19)21-7-20-14/h2-4,6-8H,5H2,1H3,(H,20,21). The molecule has 24 heavy (non-hydrogen) atoms. The summed E-state index contributed by atoms with van der Waals surface area (Å²) in [6, 6.07) is 7.32. The van der Waals surface area contributed by atoms with Crippen LogP contribution < -0.4 is 0 Å². The molecule has 1 N–H and O–H groups in total. The van der Waals surface area contributed by atoms with Gasteiger partial charge in [-0.1, -0.05) is 17.7 Å². The third-order valence-electron chi connectivity index (χ3n) is 4.02. The Labute approximate surface area is 141 Å². The van der Waals surface area contributed by atoms with Crippen LogP contribution >= 0.6 is 11.6 Å². The third-order valence-corrected chi connectivity index (χ3v) is 4.25. The lowest BCUT2D eigenvalue weighted by molar-refractivity contribution is 0.565. The van der Waals surface area contributed by atoms with Gasteiger partial charge >= 0.3 is 0 Å². The van der Waals surface area contributed by atoms with Crippen LogP contribution in [0.1, 0.15) is 16.7 Å². The summed E-state index contributed by atoms with van der Waals surface area (Å²) in [7, 11) is 0. The lowest BCUT2D eigenvalue weighted by atomic mass is 9.95. The molecule has 2 aromatic carbocycles. The molecule has 5 nitrogen and oxygen atoms in total. The Morgan fingerprint density at radius 2 is 2.17 bits per heavy atom. The van der Waals surface area contributed by atoms with Crippen LogP contribution in [0.25, 0.3) is 22.5 Å². The monoisotopic (exact) mass is 342 g/mol. The number of hydrogen-bond donors (Lipinski definition) is 1. The molecule has 0 aliphatic heterocycles. The topological polar surface area (TPSA) is 67.6 Å². The predicted octanol–water partition coefficient (Wildman–Crippen LogP) is 4.30. The number of imidazole rings is 1. The highest BCUT2D eigenvalue weighted by atomic mass is 35.5. The van der Waals surface area contributed by atoms with Crippen LogP contribution in [-0.4, -0.2) is 20.2 Å². The molecule has 0 bridgehead atoms. The van der Waals surface area contributed by atoms with Gasteiger partial charge in [0.2, 0.25) is 12.3 Å². The molecule has 0 fully saturated rings. The van der Waals surface area contributed by atoms with Gasteiger partial charge in [0.1, 0.15) is 5.52 Å². The maximum absolute atomic E-state index is 15.1. The maximum Gasteiger partial charge on any atom is 0.247 e. The molecule has 0 spiro atoms. The zero-order valence-electron chi connectivity index (χ0n) is 12.7. The van der Waals surface area contributed by atoms with Gasteiger partial charge in [0.15, 0.2) is 5.82 Å². The first-order chi connectivity index (χ1) is 11.6. The number of halogens is 2. The average molecular weight is 343 g/mol. The van der Waals surface area contributed by atoms with E-state index in [1.54, 1.807) is 12.1 Å².